The highest BCUT2D eigenvalue weighted by atomic mass is 32.2. The second-order valence-corrected chi connectivity index (χ2v) is 18.7. The van der Waals surface area contributed by atoms with Gasteiger partial charge < -0.3 is 29.7 Å². The minimum atomic E-state index is -4.01. The number of amides is 4. The number of hydrogen-bond donors (Lipinski definition) is 3. The lowest BCUT2D eigenvalue weighted by atomic mass is 10.0. The molecule has 4 amide bonds. The first kappa shape index (κ1) is 41.0. The highest BCUT2D eigenvalue weighted by Gasteiger charge is 2.63. The lowest BCUT2D eigenvalue weighted by Crippen LogP contribution is -2.58. The number of ether oxygens (including phenoxy) is 3. The van der Waals surface area contributed by atoms with Gasteiger partial charge in [-0.3, -0.25) is 28.6 Å². The van der Waals surface area contributed by atoms with Crippen LogP contribution < -0.4 is 29.6 Å². The van der Waals surface area contributed by atoms with Crippen LogP contribution in [0.4, 0.5) is 0 Å². The third kappa shape index (κ3) is 8.22. The van der Waals surface area contributed by atoms with E-state index in [1.807, 2.05) is 45.1 Å². The molecule has 2 aliphatic carbocycles. The fraction of sp³-hybridized carbons (Fsp3) is 0.561. The van der Waals surface area contributed by atoms with Gasteiger partial charge >= 0.3 is 0 Å². The number of nitrogens with one attached hydrogen (secondary N) is 3. The Morgan fingerprint density at radius 2 is 1.86 bits per heavy atom. The van der Waals surface area contributed by atoms with Crippen molar-refractivity contribution in [3.05, 3.63) is 53.9 Å². The summed E-state index contributed by atoms with van der Waals surface area (Å²) in [5, 5.41) is 10.7. The van der Waals surface area contributed by atoms with E-state index in [0.717, 1.165) is 18.4 Å². The van der Waals surface area contributed by atoms with Crippen LogP contribution in [0.2, 0.25) is 0 Å². The van der Waals surface area contributed by atoms with Crippen LogP contribution in [0.1, 0.15) is 94.6 Å². The summed E-state index contributed by atoms with van der Waals surface area (Å²) in [5.74, 6) is -1.51. The van der Waals surface area contributed by atoms with Gasteiger partial charge in [0, 0.05) is 42.6 Å². The van der Waals surface area contributed by atoms with Gasteiger partial charge in [-0.05, 0) is 84.4 Å². The summed E-state index contributed by atoms with van der Waals surface area (Å²) in [5.41, 5.74) is -0.0181. The number of pyridine rings is 1. The average Bonchev–Trinajstić information content (AvgIpc) is 3.97. The van der Waals surface area contributed by atoms with Crippen LogP contribution >= 0.6 is 0 Å². The summed E-state index contributed by atoms with van der Waals surface area (Å²) in [4.78, 5) is 62.8. The SMILES string of the molecule is COc1ccc2c(O[C@@H]3C[C@H]4C(=O)N[C@]5(C(=O)NS(=O)(=O)C6(C)CC6)C[C@H]5/C=C\CCCCC[C@H](NC(=O)c5ccn(C)n5)C(=O)N4C3)cc(OC(C)C)nc2c1C. The fourth-order valence-electron chi connectivity index (χ4n) is 7.87. The van der Waals surface area contributed by atoms with Crippen LogP contribution in [-0.4, -0.2) is 99.9 Å². The number of allylic oxidation sites excluding steroid dienone is 1. The van der Waals surface area contributed by atoms with E-state index >= 15 is 0 Å². The molecule has 0 spiro atoms. The molecule has 312 valence electrons. The molecular weight excluding hydrogens is 767 g/mol. The topological polar surface area (TPSA) is 200 Å². The molecule has 3 N–H and O–H groups in total. The Morgan fingerprint density at radius 3 is 2.55 bits per heavy atom. The van der Waals surface area contributed by atoms with Gasteiger partial charge in [-0.25, -0.2) is 13.4 Å². The van der Waals surface area contributed by atoms with Crippen LogP contribution in [0.5, 0.6) is 17.4 Å². The standard InChI is InChI=1S/C41H53N7O9S/c1-24(2)56-34-21-33(28-14-15-32(55-6)25(3)35(28)43-34)57-27-20-31-37(50)44-41(39(52)46-58(53,54)40(4)17-18-40)22-26(41)12-10-8-7-9-11-13-30(38(51)48(31)23-27)42-36(49)29-16-19-47(5)45-29/h10,12,14-16,19,21,24,26-27,30-31H,7-9,11,13,17-18,20,22-23H2,1-6H3,(H,42,49)(H,44,50)(H,46,52)/b12-10-/t26-,27-,30+,31+,41-/m1/s1. The number of sulfonamides is 1. The monoisotopic (exact) mass is 819 g/mol. The number of hydrogen-bond acceptors (Lipinski definition) is 11. The van der Waals surface area contributed by atoms with E-state index in [2.05, 4.69) is 20.5 Å². The lowest BCUT2D eigenvalue weighted by molar-refractivity contribution is -0.141. The number of benzene rings is 1. The summed E-state index contributed by atoms with van der Waals surface area (Å²) in [7, 11) is -0.740. The molecular formula is C41H53N7O9S. The number of carbonyl (C=O) groups is 4. The molecule has 4 heterocycles. The molecule has 5 atom stereocenters. The Hall–Kier alpha value is -5.19. The molecule has 0 radical (unpaired) electrons. The second-order valence-electron chi connectivity index (χ2n) is 16.5. The smallest absolute Gasteiger partial charge is 0.272 e. The van der Waals surface area contributed by atoms with Gasteiger partial charge in [-0.2, -0.15) is 5.10 Å². The van der Waals surface area contributed by atoms with Crippen molar-refractivity contribution in [3.8, 4) is 17.4 Å². The summed E-state index contributed by atoms with van der Waals surface area (Å²) < 4.78 is 47.4. The van der Waals surface area contributed by atoms with Crippen molar-refractivity contribution in [2.45, 2.75) is 120 Å². The first-order chi connectivity index (χ1) is 27.5. The van der Waals surface area contributed by atoms with Crippen LogP contribution in [0.3, 0.4) is 0 Å². The third-order valence-electron chi connectivity index (χ3n) is 11.7. The molecule has 2 aliphatic heterocycles. The highest BCUT2D eigenvalue weighted by Crippen LogP contribution is 2.47. The summed E-state index contributed by atoms with van der Waals surface area (Å²) in [6, 6.07) is 4.76. The molecule has 17 heteroatoms. The maximum atomic E-state index is 14.7. The zero-order valence-corrected chi connectivity index (χ0v) is 34.7. The van der Waals surface area contributed by atoms with Gasteiger partial charge in [0.2, 0.25) is 27.7 Å². The maximum Gasteiger partial charge on any atom is 0.272 e. The first-order valence-electron chi connectivity index (χ1n) is 20.0. The predicted molar refractivity (Wildman–Crippen MR) is 214 cm³/mol. The third-order valence-corrected chi connectivity index (χ3v) is 13.9. The molecule has 0 unspecified atom stereocenters. The van der Waals surface area contributed by atoms with Crippen LogP contribution in [-0.2, 0) is 31.5 Å². The Kier molecular flexibility index (Phi) is 11.2. The number of carbonyl (C=O) groups excluding carboxylic acids is 4. The van der Waals surface area contributed by atoms with Gasteiger partial charge in [-0.15, -0.1) is 0 Å². The van der Waals surface area contributed by atoms with E-state index in [-0.39, 0.29) is 31.2 Å². The van der Waals surface area contributed by atoms with Crippen molar-refractivity contribution < 1.29 is 41.8 Å². The molecule has 1 aromatic carbocycles. The average molecular weight is 820 g/mol. The van der Waals surface area contributed by atoms with E-state index < -0.39 is 68.0 Å². The Balaban J connectivity index is 1.23. The van der Waals surface area contributed by atoms with Crippen LogP contribution in [0, 0.1) is 12.8 Å². The molecule has 7 rings (SSSR count). The van der Waals surface area contributed by atoms with Gasteiger partial charge in [0.15, 0.2) is 0 Å². The van der Waals surface area contributed by atoms with Gasteiger partial charge in [0.1, 0.15) is 40.9 Å². The van der Waals surface area contributed by atoms with E-state index in [1.54, 1.807) is 39.4 Å². The normalized spacial score (nSPS) is 26.4. The van der Waals surface area contributed by atoms with Gasteiger partial charge in [0.25, 0.3) is 11.8 Å². The molecule has 2 saturated carbocycles. The predicted octanol–water partition coefficient (Wildman–Crippen LogP) is 3.61. The molecule has 1 saturated heterocycles. The number of fused-ring (bicyclic) bond motifs is 3. The van der Waals surface area contributed by atoms with Crippen molar-refractivity contribution in [2.75, 3.05) is 13.7 Å². The zero-order valence-electron chi connectivity index (χ0n) is 33.9. The van der Waals surface area contributed by atoms with E-state index in [9.17, 15) is 27.6 Å². The van der Waals surface area contributed by atoms with Crippen molar-refractivity contribution >= 4 is 44.6 Å². The van der Waals surface area contributed by atoms with Crippen molar-refractivity contribution in [2.24, 2.45) is 13.0 Å². The first-order valence-corrected chi connectivity index (χ1v) is 21.5. The molecule has 3 aromatic rings. The number of aromatic nitrogens is 3. The molecule has 2 aromatic heterocycles. The highest BCUT2D eigenvalue weighted by molar-refractivity contribution is 7.91. The molecule has 3 fully saturated rings. The van der Waals surface area contributed by atoms with Crippen molar-refractivity contribution in [3.63, 3.8) is 0 Å². The van der Waals surface area contributed by atoms with Crippen molar-refractivity contribution in [1.82, 2.24) is 35.0 Å². The van der Waals surface area contributed by atoms with Crippen LogP contribution in [0.25, 0.3) is 10.9 Å². The number of nitrogens with zero attached hydrogens (tertiary/aromatic N) is 4. The van der Waals surface area contributed by atoms with Gasteiger partial charge in [0.05, 0.1) is 30.0 Å². The maximum absolute atomic E-state index is 14.7. The minimum absolute atomic E-state index is 0.0263. The Bertz CT molecular complexity index is 2250. The zero-order chi connectivity index (χ0) is 41.6. The summed E-state index contributed by atoms with van der Waals surface area (Å²) >= 11 is 0. The Morgan fingerprint density at radius 1 is 1.09 bits per heavy atom. The minimum Gasteiger partial charge on any atom is -0.496 e. The number of rotatable bonds is 10. The molecule has 4 aliphatic rings. The molecule has 0 bridgehead atoms. The number of methoxy groups -OCH3 is 1. The summed E-state index contributed by atoms with van der Waals surface area (Å²) in [6.45, 7) is 7.22. The quantitative estimate of drug-likeness (QED) is 0.253. The summed E-state index contributed by atoms with van der Waals surface area (Å²) in [6.07, 6.45) is 8.79. The van der Waals surface area contributed by atoms with Gasteiger partial charge in [-0.1, -0.05) is 25.0 Å². The van der Waals surface area contributed by atoms with Crippen LogP contribution in [0.15, 0.2) is 42.6 Å². The van der Waals surface area contributed by atoms with E-state index in [0.29, 0.717) is 60.4 Å². The molecule has 16 nitrogen and oxygen atoms in total. The largest absolute Gasteiger partial charge is 0.496 e. The van der Waals surface area contributed by atoms with E-state index in [1.165, 1.54) is 9.58 Å². The Labute approximate surface area is 338 Å². The number of aryl methyl sites for hydroxylation is 2. The van der Waals surface area contributed by atoms with E-state index in [4.69, 9.17) is 19.2 Å². The second kappa shape index (κ2) is 15.9. The van der Waals surface area contributed by atoms with Crippen molar-refractivity contribution in [1.29, 1.82) is 0 Å². The molecule has 58 heavy (non-hydrogen) atoms. The lowest BCUT2D eigenvalue weighted by Gasteiger charge is -2.30. The fourth-order valence-corrected chi connectivity index (χ4v) is 9.18.